The molecular weight excluding hydrogens is 326 g/mol. The molecule has 0 spiro atoms. The third-order valence-corrected chi connectivity index (χ3v) is 5.14. The topological polar surface area (TPSA) is 71.5 Å². The van der Waals surface area contributed by atoms with Crippen LogP contribution in [0.15, 0.2) is 0 Å². The van der Waals surface area contributed by atoms with Crippen LogP contribution in [0, 0.1) is 13.8 Å². The minimum absolute atomic E-state index is 0.0222. The molecule has 0 aliphatic carbocycles. The van der Waals surface area contributed by atoms with Gasteiger partial charge in [0.1, 0.15) is 6.54 Å². The molecule has 134 valence electrons. The van der Waals surface area contributed by atoms with E-state index >= 15 is 0 Å². The number of carbonyl (C=O) groups excluding carboxylic acids is 2. The zero-order chi connectivity index (χ0) is 17.5. The Bertz CT molecular complexity index is 548. The van der Waals surface area contributed by atoms with Gasteiger partial charge in [-0.15, -0.1) is 11.3 Å². The number of nitrogens with one attached hydrogen (secondary N) is 1. The fraction of sp³-hybridized carbons (Fsp3) is 0.706. The molecule has 6 nitrogen and oxygen atoms in total. The molecule has 2 rings (SSSR count). The van der Waals surface area contributed by atoms with E-state index in [2.05, 4.69) is 17.2 Å². The second kappa shape index (κ2) is 9.13. The second-order valence-corrected chi connectivity index (χ2v) is 7.42. The van der Waals surface area contributed by atoms with Gasteiger partial charge in [-0.1, -0.05) is 13.3 Å². The second-order valence-electron chi connectivity index (χ2n) is 6.22. The number of nitrogens with zero attached hydrogens (tertiary/aromatic N) is 2. The van der Waals surface area contributed by atoms with Crippen LogP contribution in [0.5, 0.6) is 0 Å². The van der Waals surface area contributed by atoms with Crippen molar-refractivity contribution in [3.63, 3.8) is 0 Å². The van der Waals surface area contributed by atoms with Crippen LogP contribution in [0.1, 0.15) is 49.6 Å². The molecule has 1 atom stereocenters. The number of rotatable bonds is 8. The van der Waals surface area contributed by atoms with Gasteiger partial charge in [0.15, 0.2) is 5.13 Å². The fourth-order valence-electron chi connectivity index (χ4n) is 2.63. The van der Waals surface area contributed by atoms with E-state index in [1.165, 1.54) is 11.3 Å². The molecular formula is C17H27N3O3S. The van der Waals surface area contributed by atoms with Crippen LogP contribution in [-0.2, 0) is 14.3 Å². The van der Waals surface area contributed by atoms with E-state index < -0.39 is 0 Å². The number of anilines is 1. The largest absolute Gasteiger partial charge is 0.376 e. The van der Waals surface area contributed by atoms with Crippen molar-refractivity contribution in [3.8, 4) is 0 Å². The fourth-order valence-corrected chi connectivity index (χ4v) is 3.46. The number of ether oxygens (including phenoxy) is 1. The van der Waals surface area contributed by atoms with Gasteiger partial charge >= 0.3 is 0 Å². The van der Waals surface area contributed by atoms with Gasteiger partial charge in [-0.3, -0.25) is 9.59 Å². The van der Waals surface area contributed by atoms with Crippen LogP contribution in [0.2, 0.25) is 0 Å². The van der Waals surface area contributed by atoms with Crippen LogP contribution >= 0.6 is 11.3 Å². The molecule has 1 fully saturated rings. The van der Waals surface area contributed by atoms with Gasteiger partial charge in [-0.2, -0.15) is 0 Å². The van der Waals surface area contributed by atoms with E-state index in [-0.39, 0.29) is 24.5 Å². The lowest BCUT2D eigenvalue weighted by Gasteiger charge is -2.24. The van der Waals surface area contributed by atoms with E-state index in [0.29, 0.717) is 18.1 Å². The molecule has 1 N–H and O–H groups in total. The first-order valence-corrected chi connectivity index (χ1v) is 9.44. The maximum absolute atomic E-state index is 12.4. The Morgan fingerprint density at radius 3 is 2.79 bits per heavy atom. The van der Waals surface area contributed by atoms with Gasteiger partial charge in [-0.25, -0.2) is 4.98 Å². The van der Waals surface area contributed by atoms with Gasteiger partial charge in [0.25, 0.3) is 0 Å². The number of aromatic nitrogens is 1. The highest BCUT2D eigenvalue weighted by Crippen LogP contribution is 2.21. The SMILES string of the molecule is CCCCC(=O)N(CC(=O)Nc1nc(C)c(C)s1)CC1CCCO1. The molecule has 0 aromatic carbocycles. The van der Waals surface area contributed by atoms with E-state index in [0.717, 1.165) is 42.9 Å². The predicted octanol–water partition coefficient (Wildman–Crippen LogP) is 2.90. The van der Waals surface area contributed by atoms with Crippen molar-refractivity contribution in [2.24, 2.45) is 0 Å². The van der Waals surface area contributed by atoms with Gasteiger partial charge in [0.2, 0.25) is 11.8 Å². The monoisotopic (exact) mass is 353 g/mol. The Hall–Kier alpha value is -1.47. The third kappa shape index (κ3) is 5.56. The average Bonchev–Trinajstić information content (AvgIpc) is 3.14. The van der Waals surface area contributed by atoms with E-state index in [1.807, 2.05) is 13.8 Å². The summed E-state index contributed by atoms with van der Waals surface area (Å²) in [4.78, 5) is 31.8. The van der Waals surface area contributed by atoms with Crippen molar-refractivity contribution in [3.05, 3.63) is 10.6 Å². The lowest BCUT2D eigenvalue weighted by molar-refractivity contribution is -0.136. The number of unbranched alkanes of at least 4 members (excludes halogenated alkanes) is 1. The highest BCUT2D eigenvalue weighted by molar-refractivity contribution is 7.15. The number of amides is 2. The van der Waals surface area contributed by atoms with Crippen LogP contribution in [0.25, 0.3) is 0 Å². The Labute approximate surface area is 147 Å². The molecule has 1 unspecified atom stereocenters. The molecule has 0 radical (unpaired) electrons. The van der Waals surface area contributed by atoms with Crippen LogP contribution in [-0.4, -0.2) is 47.5 Å². The number of aryl methyl sites for hydroxylation is 2. The van der Waals surface area contributed by atoms with Gasteiger partial charge < -0.3 is 15.0 Å². The smallest absolute Gasteiger partial charge is 0.245 e. The Balaban J connectivity index is 1.94. The summed E-state index contributed by atoms with van der Waals surface area (Å²) in [7, 11) is 0. The zero-order valence-electron chi connectivity index (χ0n) is 14.8. The summed E-state index contributed by atoms with van der Waals surface area (Å²) in [5, 5.41) is 3.39. The lowest BCUT2D eigenvalue weighted by atomic mass is 10.2. The molecule has 1 aliphatic rings. The maximum Gasteiger partial charge on any atom is 0.245 e. The molecule has 0 bridgehead atoms. The van der Waals surface area contributed by atoms with Crippen LogP contribution in [0.3, 0.4) is 0 Å². The van der Waals surface area contributed by atoms with Gasteiger partial charge in [-0.05, 0) is 33.1 Å². The maximum atomic E-state index is 12.4. The summed E-state index contributed by atoms with van der Waals surface area (Å²) >= 11 is 1.45. The van der Waals surface area contributed by atoms with Crippen LogP contribution in [0.4, 0.5) is 5.13 Å². The normalized spacial score (nSPS) is 17.0. The molecule has 1 aromatic heterocycles. The molecule has 1 aliphatic heterocycles. The Morgan fingerprint density at radius 1 is 1.42 bits per heavy atom. The third-order valence-electron chi connectivity index (χ3n) is 4.15. The Kier molecular flexibility index (Phi) is 7.17. The molecule has 1 saturated heterocycles. The quantitative estimate of drug-likeness (QED) is 0.780. The number of thiazole rings is 1. The van der Waals surface area contributed by atoms with Crippen molar-refractivity contribution < 1.29 is 14.3 Å². The summed E-state index contributed by atoms with van der Waals surface area (Å²) < 4.78 is 5.62. The number of hydrogen-bond donors (Lipinski definition) is 1. The molecule has 24 heavy (non-hydrogen) atoms. The summed E-state index contributed by atoms with van der Waals surface area (Å²) in [6.45, 7) is 7.23. The molecule has 2 heterocycles. The highest BCUT2D eigenvalue weighted by atomic mass is 32.1. The number of carbonyl (C=O) groups is 2. The molecule has 2 amide bonds. The molecule has 0 saturated carbocycles. The summed E-state index contributed by atoms with van der Waals surface area (Å²) in [6.07, 6.45) is 4.30. The average molecular weight is 353 g/mol. The zero-order valence-corrected chi connectivity index (χ0v) is 15.6. The van der Waals surface area contributed by atoms with Crippen molar-refractivity contribution in [2.45, 2.75) is 59.0 Å². The highest BCUT2D eigenvalue weighted by Gasteiger charge is 2.24. The van der Waals surface area contributed by atoms with Crippen molar-refractivity contribution >= 4 is 28.3 Å². The van der Waals surface area contributed by atoms with E-state index in [1.54, 1.807) is 4.90 Å². The summed E-state index contributed by atoms with van der Waals surface area (Å²) in [5.41, 5.74) is 0.922. The van der Waals surface area contributed by atoms with Crippen molar-refractivity contribution in [2.75, 3.05) is 25.0 Å². The van der Waals surface area contributed by atoms with Crippen LogP contribution < -0.4 is 5.32 Å². The minimum atomic E-state index is -0.202. The Morgan fingerprint density at radius 2 is 2.21 bits per heavy atom. The number of hydrogen-bond acceptors (Lipinski definition) is 5. The first kappa shape index (κ1) is 18.9. The summed E-state index contributed by atoms with van der Waals surface area (Å²) in [6, 6.07) is 0. The lowest BCUT2D eigenvalue weighted by Crippen LogP contribution is -2.42. The summed E-state index contributed by atoms with van der Waals surface area (Å²) in [5.74, 6) is -0.180. The predicted molar refractivity (Wildman–Crippen MR) is 95.3 cm³/mol. The van der Waals surface area contributed by atoms with Crippen molar-refractivity contribution in [1.82, 2.24) is 9.88 Å². The molecule has 1 aromatic rings. The first-order chi connectivity index (χ1) is 11.5. The minimum Gasteiger partial charge on any atom is -0.376 e. The van der Waals surface area contributed by atoms with E-state index in [4.69, 9.17) is 4.74 Å². The first-order valence-electron chi connectivity index (χ1n) is 8.62. The van der Waals surface area contributed by atoms with E-state index in [9.17, 15) is 9.59 Å². The molecule has 7 heteroatoms. The van der Waals surface area contributed by atoms with Gasteiger partial charge in [0, 0.05) is 24.4 Å². The van der Waals surface area contributed by atoms with Gasteiger partial charge in [0.05, 0.1) is 11.8 Å². The van der Waals surface area contributed by atoms with Crippen molar-refractivity contribution in [1.29, 1.82) is 0 Å². The standard InChI is InChI=1S/C17H27N3O3S/c1-4-5-8-16(22)20(10-14-7-6-9-23-14)11-15(21)19-17-18-12(2)13(3)24-17/h14H,4-11H2,1-3H3,(H,18,19,21).